The van der Waals surface area contributed by atoms with E-state index in [4.69, 9.17) is 5.11 Å². The van der Waals surface area contributed by atoms with Gasteiger partial charge in [0.15, 0.2) is 0 Å². The number of carboxylic acid groups (broad SMARTS) is 1. The molecule has 0 aliphatic heterocycles. The highest BCUT2D eigenvalue weighted by Gasteiger charge is 2.08. The first-order valence-electron chi connectivity index (χ1n) is 6.25. The largest absolute Gasteiger partial charge is 0.478 e. The van der Waals surface area contributed by atoms with Crippen LogP contribution in [-0.2, 0) is 6.54 Å². The van der Waals surface area contributed by atoms with Gasteiger partial charge in [0.2, 0.25) is 0 Å². The number of carbonyl (C=O) groups is 2. The number of rotatable bonds is 5. The van der Waals surface area contributed by atoms with E-state index in [1.807, 2.05) is 0 Å². The topological polar surface area (TPSA) is 69.6 Å². The number of carboxylic acids is 1. The van der Waals surface area contributed by atoms with Gasteiger partial charge in [0, 0.05) is 26.6 Å². The van der Waals surface area contributed by atoms with Gasteiger partial charge in [-0.2, -0.15) is 0 Å². The molecule has 0 heterocycles. The maximum atomic E-state index is 11.8. The number of nitrogens with one attached hydrogen (secondary N) is 1. The molecule has 20 heavy (non-hydrogen) atoms. The minimum atomic E-state index is -0.959. The maximum Gasteiger partial charge on any atom is 0.335 e. The van der Waals surface area contributed by atoms with E-state index in [-0.39, 0.29) is 11.6 Å². The molecule has 2 N–H and O–H groups in total. The van der Waals surface area contributed by atoms with E-state index in [2.05, 4.69) is 17.2 Å². The number of hydrogen-bond acceptors (Lipinski definition) is 2. The average molecular weight is 274 g/mol. The maximum absolute atomic E-state index is 11.8. The first-order chi connectivity index (χ1) is 9.54. The molecule has 1 aromatic rings. The van der Waals surface area contributed by atoms with Crippen LogP contribution in [0, 0.1) is 11.8 Å². The van der Waals surface area contributed by atoms with Crippen LogP contribution in [0.5, 0.6) is 0 Å². The lowest BCUT2D eigenvalue weighted by Gasteiger charge is -2.17. The van der Waals surface area contributed by atoms with Gasteiger partial charge in [-0.15, -0.1) is 11.8 Å². The second-order valence-corrected chi connectivity index (χ2v) is 4.27. The third kappa shape index (κ3) is 5.02. The molecule has 0 aromatic heterocycles. The molecular weight excluding hydrogens is 256 g/mol. The van der Waals surface area contributed by atoms with Gasteiger partial charge in [0.1, 0.15) is 0 Å². The summed E-state index contributed by atoms with van der Waals surface area (Å²) < 4.78 is 0. The van der Waals surface area contributed by atoms with E-state index in [1.165, 1.54) is 17.0 Å². The molecule has 0 bridgehead atoms. The second kappa shape index (κ2) is 7.85. The Bertz CT molecular complexity index is 526. The van der Waals surface area contributed by atoms with Gasteiger partial charge >= 0.3 is 12.0 Å². The molecule has 0 fully saturated rings. The van der Waals surface area contributed by atoms with Crippen LogP contribution in [-0.4, -0.2) is 35.6 Å². The molecule has 2 amide bonds. The van der Waals surface area contributed by atoms with Crippen LogP contribution in [0.1, 0.15) is 29.3 Å². The summed E-state index contributed by atoms with van der Waals surface area (Å²) in [5, 5.41) is 11.6. The average Bonchev–Trinajstić information content (AvgIpc) is 2.44. The minimum absolute atomic E-state index is 0.176. The van der Waals surface area contributed by atoms with Crippen molar-refractivity contribution in [3.05, 3.63) is 35.4 Å². The van der Waals surface area contributed by atoms with Crippen molar-refractivity contribution in [2.45, 2.75) is 19.9 Å². The van der Waals surface area contributed by atoms with Crippen molar-refractivity contribution < 1.29 is 14.7 Å². The van der Waals surface area contributed by atoms with Crippen molar-refractivity contribution in [3.63, 3.8) is 0 Å². The van der Waals surface area contributed by atoms with Crippen LogP contribution >= 0.6 is 0 Å². The van der Waals surface area contributed by atoms with Crippen LogP contribution < -0.4 is 5.32 Å². The van der Waals surface area contributed by atoms with E-state index >= 15 is 0 Å². The van der Waals surface area contributed by atoms with E-state index in [1.54, 1.807) is 26.1 Å². The summed E-state index contributed by atoms with van der Waals surface area (Å²) in [6.45, 7) is 2.70. The molecule has 0 radical (unpaired) electrons. The van der Waals surface area contributed by atoms with Gasteiger partial charge in [0.25, 0.3) is 0 Å². The van der Waals surface area contributed by atoms with Gasteiger partial charge in [-0.1, -0.05) is 12.1 Å². The summed E-state index contributed by atoms with van der Waals surface area (Å²) in [5.41, 5.74) is 1.11. The van der Waals surface area contributed by atoms with Crippen molar-refractivity contribution >= 4 is 12.0 Å². The Morgan fingerprint density at radius 3 is 2.50 bits per heavy atom. The number of nitrogens with zero attached hydrogens (tertiary/aromatic N) is 1. The molecule has 0 unspecified atom stereocenters. The quantitative estimate of drug-likeness (QED) is 0.637. The highest BCUT2D eigenvalue weighted by Crippen LogP contribution is 2.07. The zero-order valence-electron chi connectivity index (χ0n) is 11.6. The lowest BCUT2D eigenvalue weighted by atomic mass is 10.1. The van der Waals surface area contributed by atoms with Crippen molar-refractivity contribution in [1.82, 2.24) is 10.2 Å². The third-order valence-electron chi connectivity index (χ3n) is 2.67. The Morgan fingerprint density at radius 1 is 1.30 bits per heavy atom. The fourth-order valence-corrected chi connectivity index (χ4v) is 1.59. The first kappa shape index (κ1) is 15.6. The van der Waals surface area contributed by atoms with Crippen molar-refractivity contribution in [1.29, 1.82) is 0 Å². The molecule has 5 heteroatoms. The number of carbonyl (C=O) groups excluding carboxylic acids is 1. The second-order valence-electron chi connectivity index (χ2n) is 4.27. The molecule has 1 rings (SSSR count). The van der Waals surface area contributed by atoms with Crippen molar-refractivity contribution in [2.24, 2.45) is 0 Å². The summed E-state index contributed by atoms with van der Waals surface area (Å²) in [7, 11) is 1.69. The minimum Gasteiger partial charge on any atom is -0.478 e. The molecule has 0 saturated carbocycles. The number of benzene rings is 1. The normalized spacial score (nSPS) is 9.30. The fraction of sp³-hybridized carbons (Fsp3) is 0.333. The summed E-state index contributed by atoms with van der Waals surface area (Å²) in [6, 6.07) is 6.29. The van der Waals surface area contributed by atoms with Crippen LogP contribution in [0.3, 0.4) is 0 Å². The van der Waals surface area contributed by atoms with E-state index in [0.717, 1.165) is 5.56 Å². The Morgan fingerprint density at radius 2 is 1.95 bits per heavy atom. The van der Waals surface area contributed by atoms with Crippen LogP contribution in [0.4, 0.5) is 4.79 Å². The lowest BCUT2D eigenvalue weighted by molar-refractivity contribution is 0.0697. The predicted octanol–water partition coefficient (Wildman–Crippen LogP) is 1.94. The number of urea groups is 1. The third-order valence-corrected chi connectivity index (χ3v) is 2.67. The van der Waals surface area contributed by atoms with E-state index < -0.39 is 5.97 Å². The Balaban J connectivity index is 2.47. The predicted molar refractivity (Wildman–Crippen MR) is 76.3 cm³/mol. The van der Waals surface area contributed by atoms with Gasteiger partial charge in [-0.05, 0) is 24.6 Å². The van der Waals surface area contributed by atoms with Gasteiger partial charge in [-0.25, -0.2) is 9.59 Å². The van der Waals surface area contributed by atoms with Crippen LogP contribution in [0.25, 0.3) is 0 Å². The van der Waals surface area contributed by atoms with Crippen molar-refractivity contribution in [2.75, 3.05) is 13.6 Å². The monoisotopic (exact) mass is 274 g/mol. The fourth-order valence-electron chi connectivity index (χ4n) is 1.59. The van der Waals surface area contributed by atoms with Crippen LogP contribution in [0.2, 0.25) is 0 Å². The first-order valence-corrected chi connectivity index (χ1v) is 6.25. The zero-order valence-corrected chi connectivity index (χ0v) is 11.6. The standard InChI is InChI=1S/C15H18N2O3/c1-3-4-5-10-16-15(20)17(2)11-12-6-8-13(9-7-12)14(18)19/h6-9H,5,10-11H2,1-2H3,(H,16,20)(H,18,19). The Hall–Kier alpha value is -2.48. The molecular formula is C15H18N2O3. The van der Waals surface area contributed by atoms with Crippen molar-refractivity contribution in [3.8, 4) is 11.8 Å². The molecule has 0 atom stereocenters. The Labute approximate surface area is 118 Å². The lowest BCUT2D eigenvalue weighted by Crippen LogP contribution is -2.37. The molecule has 106 valence electrons. The van der Waals surface area contributed by atoms with Gasteiger partial charge in [-0.3, -0.25) is 0 Å². The van der Waals surface area contributed by atoms with Gasteiger partial charge in [0.05, 0.1) is 5.56 Å². The molecule has 0 aliphatic carbocycles. The summed E-state index contributed by atoms with van der Waals surface area (Å²) in [6.07, 6.45) is 0.628. The molecule has 0 saturated heterocycles. The SMILES string of the molecule is CC#CCCNC(=O)N(C)Cc1ccc(C(=O)O)cc1. The summed E-state index contributed by atoms with van der Waals surface area (Å²) in [5.74, 6) is 4.67. The van der Waals surface area contributed by atoms with E-state index in [9.17, 15) is 9.59 Å². The van der Waals surface area contributed by atoms with E-state index in [0.29, 0.717) is 19.5 Å². The molecule has 0 spiro atoms. The zero-order chi connectivity index (χ0) is 15.0. The highest BCUT2D eigenvalue weighted by atomic mass is 16.4. The number of aromatic carboxylic acids is 1. The molecule has 0 aliphatic rings. The molecule has 1 aromatic carbocycles. The van der Waals surface area contributed by atoms with Gasteiger partial charge < -0.3 is 15.3 Å². The smallest absolute Gasteiger partial charge is 0.335 e. The summed E-state index contributed by atoms with van der Waals surface area (Å²) in [4.78, 5) is 24.0. The summed E-state index contributed by atoms with van der Waals surface area (Å²) >= 11 is 0. The van der Waals surface area contributed by atoms with Crippen LogP contribution in [0.15, 0.2) is 24.3 Å². The highest BCUT2D eigenvalue weighted by molar-refractivity contribution is 5.87. The number of hydrogen-bond donors (Lipinski definition) is 2. The molecule has 5 nitrogen and oxygen atoms in total. The Kier molecular flexibility index (Phi) is 6.11. The number of amides is 2.